The molecular formula is C29H32FNO6. The van der Waals surface area contributed by atoms with Crippen LogP contribution in [0.15, 0.2) is 60.9 Å². The molecule has 0 aliphatic rings. The Morgan fingerprint density at radius 1 is 1.16 bits per heavy atom. The molecule has 0 saturated carbocycles. The second-order valence-corrected chi connectivity index (χ2v) is 9.01. The standard InChI is InChI=1S/C29H32FNO6/c1-18(2)25-15-26(36-3)29(37-17-19-5-4-12-31-16-19)28(20-6-8-21(30)9-7-20)24(25)11-10-22(32)13-23(33)14-27(34)35/h4-12,15-16,18,22-23,32-33H,13-14,17H2,1-3H3,(H,34,35). The third-order valence-electron chi connectivity index (χ3n) is 5.81. The molecule has 196 valence electrons. The predicted octanol–water partition coefficient (Wildman–Crippen LogP) is 5.20. The second kappa shape index (κ2) is 13.0. The van der Waals surface area contributed by atoms with Gasteiger partial charge in [-0.25, -0.2) is 4.39 Å². The smallest absolute Gasteiger partial charge is 0.305 e. The molecule has 2 atom stereocenters. The van der Waals surface area contributed by atoms with E-state index < -0.39 is 24.6 Å². The molecule has 0 amide bonds. The summed E-state index contributed by atoms with van der Waals surface area (Å²) in [5, 5.41) is 29.3. The number of aliphatic hydroxyl groups is 2. The lowest BCUT2D eigenvalue weighted by atomic mass is 9.88. The van der Waals surface area contributed by atoms with Crippen LogP contribution in [0.4, 0.5) is 4.39 Å². The van der Waals surface area contributed by atoms with Gasteiger partial charge in [-0.2, -0.15) is 0 Å². The van der Waals surface area contributed by atoms with Crippen LogP contribution in [0.25, 0.3) is 17.2 Å². The predicted molar refractivity (Wildman–Crippen MR) is 139 cm³/mol. The first-order valence-corrected chi connectivity index (χ1v) is 12.0. The molecule has 3 aromatic rings. The van der Waals surface area contributed by atoms with E-state index in [1.807, 2.05) is 32.0 Å². The number of carboxylic acid groups (broad SMARTS) is 1. The SMILES string of the molecule is COc1cc(C(C)C)c(C=CC(O)CC(O)CC(=O)O)c(-c2ccc(F)cc2)c1OCc1cccnc1. The third kappa shape index (κ3) is 7.62. The average molecular weight is 510 g/mol. The summed E-state index contributed by atoms with van der Waals surface area (Å²) in [5.74, 6) is -0.526. The lowest BCUT2D eigenvalue weighted by Crippen LogP contribution is -2.19. The number of pyridine rings is 1. The number of benzene rings is 2. The van der Waals surface area contributed by atoms with E-state index in [1.165, 1.54) is 18.2 Å². The number of rotatable bonds is 12. The molecule has 2 unspecified atom stereocenters. The van der Waals surface area contributed by atoms with Gasteiger partial charge in [-0.05, 0) is 46.9 Å². The summed E-state index contributed by atoms with van der Waals surface area (Å²) < 4.78 is 25.8. The second-order valence-electron chi connectivity index (χ2n) is 9.01. The van der Waals surface area contributed by atoms with Crippen molar-refractivity contribution in [1.29, 1.82) is 0 Å². The molecule has 3 rings (SSSR count). The molecule has 0 bridgehead atoms. The molecule has 2 aromatic carbocycles. The van der Waals surface area contributed by atoms with E-state index in [0.29, 0.717) is 22.6 Å². The lowest BCUT2D eigenvalue weighted by molar-refractivity contribution is -0.139. The molecule has 0 aliphatic carbocycles. The molecule has 0 saturated heterocycles. The van der Waals surface area contributed by atoms with Crippen molar-refractivity contribution in [2.45, 2.75) is 51.4 Å². The number of nitrogens with zero attached hydrogens (tertiary/aromatic N) is 1. The number of hydrogen-bond acceptors (Lipinski definition) is 6. The number of halogens is 1. The van der Waals surface area contributed by atoms with Gasteiger partial charge >= 0.3 is 5.97 Å². The zero-order chi connectivity index (χ0) is 26.9. The Kier molecular flexibility index (Phi) is 9.77. The Bertz CT molecular complexity index is 1210. The van der Waals surface area contributed by atoms with Gasteiger partial charge in [-0.3, -0.25) is 9.78 Å². The van der Waals surface area contributed by atoms with Crippen LogP contribution in [0.3, 0.4) is 0 Å². The molecule has 3 N–H and O–H groups in total. The summed E-state index contributed by atoms with van der Waals surface area (Å²) >= 11 is 0. The van der Waals surface area contributed by atoms with E-state index in [-0.39, 0.29) is 24.8 Å². The molecular weight excluding hydrogens is 477 g/mol. The normalized spacial score (nSPS) is 13.1. The Balaban J connectivity index is 2.13. The van der Waals surface area contributed by atoms with E-state index in [2.05, 4.69) is 4.98 Å². The van der Waals surface area contributed by atoms with Gasteiger partial charge in [0.2, 0.25) is 0 Å². The maximum Gasteiger partial charge on any atom is 0.305 e. The minimum atomic E-state index is -1.19. The molecule has 37 heavy (non-hydrogen) atoms. The number of aliphatic hydroxyl groups excluding tert-OH is 2. The van der Waals surface area contributed by atoms with Gasteiger partial charge in [-0.15, -0.1) is 0 Å². The zero-order valence-electron chi connectivity index (χ0n) is 21.1. The number of carbonyl (C=O) groups is 1. The Morgan fingerprint density at radius 3 is 2.49 bits per heavy atom. The first kappa shape index (κ1) is 27.8. The summed E-state index contributed by atoms with van der Waals surface area (Å²) in [7, 11) is 1.55. The van der Waals surface area contributed by atoms with Crippen LogP contribution in [-0.4, -0.2) is 45.6 Å². The molecule has 1 aromatic heterocycles. The van der Waals surface area contributed by atoms with Crippen molar-refractivity contribution < 1.29 is 34.0 Å². The molecule has 1 heterocycles. The van der Waals surface area contributed by atoms with E-state index in [4.69, 9.17) is 14.6 Å². The molecule has 0 aliphatic heterocycles. The highest BCUT2D eigenvalue weighted by molar-refractivity contribution is 5.85. The number of aromatic nitrogens is 1. The van der Waals surface area contributed by atoms with Crippen LogP contribution >= 0.6 is 0 Å². The maximum atomic E-state index is 13.8. The molecule has 0 radical (unpaired) electrons. The number of methoxy groups -OCH3 is 1. The van der Waals surface area contributed by atoms with E-state index in [9.17, 15) is 19.4 Å². The third-order valence-corrected chi connectivity index (χ3v) is 5.81. The summed E-state index contributed by atoms with van der Waals surface area (Å²) in [4.78, 5) is 15.0. The fraction of sp³-hybridized carbons (Fsp3) is 0.310. The minimum Gasteiger partial charge on any atom is -0.493 e. The molecule has 0 fully saturated rings. The van der Waals surface area contributed by atoms with Crippen LogP contribution in [0, 0.1) is 5.82 Å². The summed E-state index contributed by atoms with van der Waals surface area (Å²) in [6, 6.07) is 11.6. The van der Waals surface area contributed by atoms with Crippen molar-refractivity contribution in [3.8, 4) is 22.6 Å². The van der Waals surface area contributed by atoms with Gasteiger partial charge in [0, 0.05) is 29.9 Å². The van der Waals surface area contributed by atoms with Crippen LogP contribution < -0.4 is 9.47 Å². The van der Waals surface area contributed by atoms with Crippen LogP contribution in [-0.2, 0) is 11.4 Å². The van der Waals surface area contributed by atoms with E-state index in [1.54, 1.807) is 37.7 Å². The summed E-state index contributed by atoms with van der Waals surface area (Å²) in [6.45, 7) is 4.25. The van der Waals surface area contributed by atoms with Gasteiger partial charge in [0.25, 0.3) is 0 Å². The van der Waals surface area contributed by atoms with Crippen LogP contribution in [0.5, 0.6) is 11.5 Å². The van der Waals surface area contributed by atoms with Crippen molar-refractivity contribution in [2.24, 2.45) is 0 Å². The average Bonchev–Trinajstić information content (AvgIpc) is 2.86. The van der Waals surface area contributed by atoms with Crippen molar-refractivity contribution in [2.75, 3.05) is 7.11 Å². The van der Waals surface area contributed by atoms with Gasteiger partial charge in [0.1, 0.15) is 12.4 Å². The highest BCUT2D eigenvalue weighted by atomic mass is 19.1. The molecule has 0 spiro atoms. The summed E-state index contributed by atoms with van der Waals surface area (Å²) in [5.41, 5.74) is 3.82. The molecule has 7 nitrogen and oxygen atoms in total. The van der Waals surface area contributed by atoms with Gasteiger partial charge in [0.05, 0.1) is 25.7 Å². The first-order chi connectivity index (χ1) is 17.7. The van der Waals surface area contributed by atoms with E-state index in [0.717, 1.165) is 16.7 Å². The Morgan fingerprint density at radius 2 is 1.89 bits per heavy atom. The maximum absolute atomic E-state index is 13.8. The lowest BCUT2D eigenvalue weighted by Gasteiger charge is -2.23. The van der Waals surface area contributed by atoms with Crippen LogP contribution in [0.2, 0.25) is 0 Å². The minimum absolute atomic E-state index is 0.0508. The van der Waals surface area contributed by atoms with E-state index >= 15 is 0 Å². The fourth-order valence-electron chi connectivity index (χ4n) is 4.02. The largest absolute Gasteiger partial charge is 0.493 e. The Labute approximate surface area is 215 Å². The first-order valence-electron chi connectivity index (χ1n) is 12.0. The molecule has 8 heteroatoms. The van der Waals surface area contributed by atoms with Crippen molar-refractivity contribution in [3.05, 3.63) is 83.4 Å². The quantitative estimate of drug-likeness (QED) is 0.308. The van der Waals surface area contributed by atoms with Crippen molar-refractivity contribution in [1.82, 2.24) is 4.98 Å². The van der Waals surface area contributed by atoms with Gasteiger partial charge < -0.3 is 24.8 Å². The number of aliphatic carboxylic acids is 1. The van der Waals surface area contributed by atoms with Gasteiger partial charge in [-0.1, -0.05) is 44.2 Å². The highest BCUT2D eigenvalue weighted by Gasteiger charge is 2.23. The number of hydrogen-bond donors (Lipinski definition) is 3. The fourth-order valence-corrected chi connectivity index (χ4v) is 4.02. The highest BCUT2D eigenvalue weighted by Crippen LogP contribution is 2.45. The zero-order valence-corrected chi connectivity index (χ0v) is 21.1. The van der Waals surface area contributed by atoms with Crippen molar-refractivity contribution in [3.63, 3.8) is 0 Å². The van der Waals surface area contributed by atoms with Gasteiger partial charge in [0.15, 0.2) is 11.5 Å². The topological polar surface area (TPSA) is 109 Å². The monoisotopic (exact) mass is 509 g/mol. The number of carboxylic acids is 1. The van der Waals surface area contributed by atoms with Crippen LogP contribution in [0.1, 0.15) is 49.3 Å². The Hall–Kier alpha value is -3.75. The summed E-state index contributed by atoms with van der Waals surface area (Å²) in [6.07, 6.45) is 3.74. The number of ether oxygens (including phenoxy) is 2. The van der Waals surface area contributed by atoms with Crippen molar-refractivity contribution >= 4 is 12.0 Å².